The Morgan fingerprint density at radius 1 is 1.60 bits per heavy atom. The first kappa shape index (κ1) is 9.19. The number of nitrogens with two attached hydrogens (primary N) is 1. The molecule has 2 N–H and O–H groups in total. The number of nitrogen functional groups attached to an aromatic ring is 1. The maximum atomic E-state index is 10.7. The number of hydrogen-bond acceptors (Lipinski definition) is 6. The third-order valence-electron chi connectivity index (χ3n) is 1.87. The van der Waals surface area contributed by atoms with E-state index >= 15 is 0 Å². The SMILES string of the molecule is Cn1ncc([N+](=O)[O-])c1-c1cnc(N)o1. The number of rotatable bonds is 2. The van der Waals surface area contributed by atoms with E-state index in [0.717, 1.165) is 6.20 Å². The van der Waals surface area contributed by atoms with Gasteiger partial charge in [-0.2, -0.15) is 5.10 Å². The quantitative estimate of drug-likeness (QED) is 0.571. The highest BCUT2D eigenvalue weighted by atomic mass is 16.6. The second kappa shape index (κ2) is 3.08. The summed E-state index contributed by atoms with van der Waals surface area (Å²) in [6, 6.07) is -0.0412. The summed E-state index contributed by atoms with van der Waals surface area (Å²) in [4.78, 5) is 13.8. The summed E-state index contributed by atoms with van der Waals surface area (Å²) in [5.74, 6) is 0.221. The molecule has 2 aromatic rings. The van der Waals surface area contributed by atoms with Crippen molar-refractivity contribution >= 4 is 11.7 Å². The van der Waals surface area contributed by atoms with Crippen LogP contribution in [0.5, 0.6) is 0 Å². The minimum atomic E-state index is -0.541. The first-order valence-electron chi connectivity index (χ1n) is 3.97. The minimum absolute atomic E-state index is 0.0412. The van der Waals surface area contributed by atoms with Crippen LogP contribution in [0.4, 0.5) is 11.7 Å². The molecule has 2 rings (SSSR count). The van der Waals surface area contributed by atoms with Gasteiger partial charge < -0.3 is 10.2 Å². The summed E-state index contributed by atoms with van der Waals surface area (Å²) in [6.45, 7) is 0. The van der Waals surface area contributed by atoms with Crippen molar-refractivity contribution in [1.29, 1.82) is 0 Å². The molecule has 8 heteroatoms. The number of anilines is 1. The Labute approximate surface area is 83.5 Å². The van der Waals surface area contributed by atoms with Crippen LogP contribution >= 0.6 is 0 Å². The molecule has 0 aromatic carbocycles. The largest absolute Gasteiger partial charge is 0.422 e. The van der Waals surface area contributed by atoms with Gasteiger partial charge in [0.05, 0.1) is 11.1 Å². The van der Waals surface area contributed by atoms with Crippen molar-refractivity contribution in [3.8, 4) is 11.5 Å². The number of aromatic nitrogens is 3. The Morgan fingerprint density at radius 3 is 2.87 bits per heavy atom. The Balaban J connectivity index is 2.60. The van der Waals surface area contributed by atoms with Crippen LogP contribution < -0.4 is 5.73 Å². The molecule has 0 spiro atoms. The molecule has 8 nitrogen and oxygen atoms in total. The van der Waals surface area contributed by atoms with Crippen molar-refractivity contribution in [3.63, 3.8) is 0 Å². The maximum absolute atomic E-state index is 10.7. The van der Waals surface area contributed by atoms with E-state index < -0.39 is 4.92 Å². The van der Waals surface area contributed by atoms with Gasteiger partial charge in [-0.25, -0.2) is 4.98 Å². The summed E-state index contributed by atoms with van der Waals surface area (Å²) in [5, 5.41) is 14.4. The predicted molar refractivity (Wildman–Crippen MR) is 49.8 cm³/mol. The molecule has 0 radical (unpaired) electrons. The molecule has 0 unspecified atom stereocenters. The lowest BCUT2D eigenvalue weighted by Crippen LogP contribution is -1.95. The van der Waals surface area contributed by atoms with Crippen LogP contribution in [-0.2, 0) is 7.05 Å². The van der Waals surface area contributed by atoms with Gasteiger partial charge in [-0.1, -0.05) is 0 Å². The van der Waals surface area contributed by atoms with Crippen LogP contribution in [0.15, 0.2) is 16.8 Å². The van der Waals surface area contributed by atoms with E-state index in [2.05, 4.69) is 10.1 Å². The highest BCUT2D eigenvalue weighted by molar-refractivity contribution is 5.64. The summed E-state index contributed by atoms with van der Waals surface area (Å²) in [6.07, 6.45) is 2.47. The Bertz CT molecular complexity index is 514. The molecule has 2 heterocycles. The van der Waals surface area contributed by atoms with E-state index in [4.69, 9.17) is 10.2 Å². The van der Waals surface area contributed by atoms with Gasteiger partial charge in [0.25, 0.3) is 6.01 Å². The second-order valence-corrected chi connectivity index (χ2v) is 2.82. The fourth-order valence-electron chi connectivity index (χ4n) is 1.24. The molecule has 0 saturated heterocycles. The Morgan fingerprint density at radius 2 is 2.33 bits per heavy atom. The number of nitro groups is 1. The van der Waals surface area contributed by atoms with E-state index in [0.29, 0.717) is 0 Å². The normalized spacial score (nSPS) is 10.5. The molecule has 15 heavy (non-hydrogen) atoms. The zero-order valence-corrected chi connectivity index (χ0v) is 7.75. The third kappa shape index (κ3) is 1.41. The summed E-state index contributed by atoms with van der Waals surface area (Å²) in [5.41, 5.74) is 5.38. The van der Waals surface area contributed by atoms with E-state index in [9.17, 15) is 10.1 Å². The fourth-order valence-corrected chi connectivity index (χ4v) is 1.24. The lowest BCUT2D eigenvalue weighted by atomic mass is 10.3. The van der Waals surface area contributed by atoms with Crippen LogP contribution in [-0.4, -0.2) is 19.7 Å². The maximum Gasteiger partial charge on any atom is 0.318 e. The van der Waals surface area contributed by atoms with E-state index in [1.165, 1.54) is 10.9 Å². The lowest BCUT2D eigenvalue weighted by molar-refractivity contribution is -0.384. The van der Waals surface area contributed by atoms with Crippen molar-refractivity contribution in [1.82, 2.24) is 14.8 Å². The van der Waals surface area contributed by atoms with Crippen molar-refractivity contribution in [2.45, 2.75) is 0 Å². The average Bonchev–Trinajstić information content (AvgIpc) is 2.71. The molecule has 0 atom stereocenters. The molecule has 0 aliphatic heterocycles. The van der Waals surface area contributed by atoms with Crippen molar-refractivity contribution in [2.24, 2.45) is 7.05 Å². The Kier molecular flexibility index (Phi) is 1.89. The van der Waals surface area contributed by atoms with Crippen LogP contribution in [0.25, 0.3) is 11.5 Å². The van der Waals surface area contributed by atoms with Gasteiger partial charge >= 0.3 is 5.69 Å². The van der Waals surface area contributed by atoms with E-state index in [1.54, 1.807) is 7.05 Å². The van der Waals surface area contributed by atoms with Gasteiger partial charge in [0.2, 0.25) is 0 Å². The van der Waals surface area contributed by atoms with Gasteiger partial charge in [-0.05, 0) is 0 Å². The van der Waals surface area contributed by atoms with Crippen LogP contribution in [0.1, 0.15) is 0 Å². The van der Waals surface area contributed by atoms with E-state index in [-0.39, 0.29) is 23.2 Å². The topological polar surface area (TPSA) is 113 Å². The lowest BCUT2D eigenvalue weighted by Gasteiger charge is -1.95. The molecular weight excluding hydrogens is 202 g/mol. The summed E-state index contributed by atoms with van der Waals surface area (Å²) in [7, 11) is 1.57. The zero-order chi connectivity index (χ0) is 11.0. The highest BCUT2D eigenvalue weighted by Gasteiger charge is 2.23. The van der Waals surface area contributed by atoms with Crippen LogP contribution in [0.3, 0.4) is 0 Å². The van der Waals surface area contributed by atoms with Gasteiger partial charge in [0, 0.05) is 7.05 Å². The summed E-state index contributed by atoms with van der Waals surface area (Å²) < 4.78 is 6.33. The molecular formula is C7H7N5O3. The van der Waals surface area contributed by atoms with Crippen molar-refractivity contribution in [3.05, 3.63) is 22.5 Å². The molecule has 0 saturated carbocycles. The first-order valence-corrected chi connectivity index (χ1v) is 3.97. The molecule has 2 aromatic heterocycles. The van der Waals surface area contributed by atoms with Gasteiger partial charge in [0.1, 0.15) is 6.20 Å². The molecule has 0 bridgehead atoms. The third-order valence-corrected chi connectivity index (χ3v) is 1.87. The van der Waals surface area contributed by atoms with Crippen molar-refractivity contribution in [2.75, 3.05) is 5.73 Å². The monoisotopic (exact) mass is 209 g/mol. The second-order valence-electron chi connectivity index (χ2n) is 2.82. The van der Waals surface area contributed by atoms with Gasteiger partial charge in [-0.15, -0.1) is 0 Å². The van der Waals surface area contributed by atoms with E-state index in [1.807, 2.05) is 0 Å². The molecule has 0 aliphatic carbocycles. The van der Waals surface area contributed by atoms with Gasteiger partial charge in [0.15, 0.2) is 11.5 Å². The molecule has 0 amide bonds. The Hall–Kier alpha value is -2.38. The fraction of sp³-hybridized carbons (Fsp3) is 0.143. The average molecular weight is 209 g/mol. The first-order chi connectivity index (χ1) is 7.09. The van der Waals surface area contributed by atoms with Crippen LogP contribution in [0.2, 0.25) is 0 Å². The number of oxazole rings is 1. The highest BCUT2D eigenvalue weighted by Crippen LogP contribution is 2.29. The molecule has 78 valence electrons. The van der Waals surface area contributed by atoms with Gasteiger partial charge in [-0.3, -0.25) is 14.8 Å². The standard InChI is InChI=1S/C7H7N5O3/c1-11-6(4(2-10-11)12(13)14)5-3-9-7(8)15-5/h2-3H,1H3,(H2,8,9). The summed E-state index contributed by atoms with van der Waals surface area (Å²) >= 11 is 0. The molecule has 0 aliphatic rings. The van der Waals surface area contributed by atoms with Crippen molar-refractivity contribution < 1.29 is 9.34 Å². The zero-order valence-electron chi connectivity index (χ0n) is 7.75. The minimum Gasteiger partial charge on any atom is -0.422 e. The smallest absolute Gasteiger partial charge is 0.318 e. The van der Waals surface area contributed by atoms with Crippen LogP contribution in [0, 0.1) is 10.1 Å². The number of nitrogens with zero attached hydrogens (tertiary/aromatic N) is 4. The number of hydrogen-bond donors (Lipinski definition) is 1. The number of aryl methyl sites for hydroxylation is 1. The molecule has 0 fully saturated rings. The predicted octanol–water partition coefficient (Wildman–Crippen LogP) is 0.566.